The Bertz CT molecular complexity index is 1820. The van der Waals surface area contributed by atoms with Crippen LogP contribution in [0.25, 0.3) is 0 Å². The van der Waals surface area contributed by atoms with Crippen molar-refractivity contribution < 1.29 is 53.7 Å². The SMILES string of the molecule is CC(C)C[C@H](N)C(=O)N[C@H](C(=O)N[C@@H](CCCN=C(N)N)C(=O)N[C@@H](Cc1ccc(O)cc1)C(=O)N[C@H](C(=O)N[C@@H](C)C(=O)N[C@@H](CCCCN)C(=O)N[C@H](C(=O)O)C(C)C)[C@@H](C)O)C(C)C. The van der Waals surface area contributed by atoms with E-state index in [-0.39, 0.29) is 49.9 Å². The molecule has 9 atom stereocenters. The number of carboxylic acids is 1. The number of aliphatic hydroxyl groups is 1. The van der Waals surface area contributed by atoms with E-state index in [9.17, 15) is 53.7 Å². The second-order valence-electron chi connectivity index (χ2n) is 17.8. The van der Waals surface area contributed by atoms with Crippen molar-refractivity contribution in [3.8, 4) is 5.75 Å². The summed E-state index contributed by atoms with van der Waals surface area (Å²) in [5, 5.41) is 48.0. The van der Waals surface area contributed by atoms with Crippen LogP contribution >= 0.6 is 0 Å². The number of aliphatic hydroxyl groups excluding tert-OH is 1. The molecule has 67 heavy (non-hydrogen) atoms. The normalized spacial score (nSPS) is 15.3. The molecule has 0 heterocycles. The Labute approximate surface area is 392 Å². The van der Waals surface area contributed by atoms with E-state index >= 15 is 0 Å². The highest BCUT2D eigenvalue weighted by Crippen LogP contribution is 2.14. The minimum atomic E-state index is -1.71. The van der Waals surface area contributed by atoms with Gasteiger partial charge in [0, 0.05) is 13.0 Å². The number of aliphatic carboxylic acids is 1. The van der Waals surface area contributed by atoms with Gasteiger partial charge in [-0.25, -0.2) is 4.79 Å². The number of amides is 7. The Morgan fingerprint density at radius 3 is 1.58 bits per heavy atom. The highest BCUT2D eigenvalue weighted by molar-refractivity contribution is 5.97. The average molecular weight is 949 g/mol. The molecule has 1 aromatic rings. The van der Waals surface area contributed by atoms with Gasteiger partial charge in [-0.05, 0) is 94.4 Å². The lowest BCUT2D eigenvalue weighted by atomic mass is 9.99. The van der Waals surface area contributed by atoms with Crippen LogP contribution in [0.15, 0.2) is 29.3 Å². The molecule has 0 aromatic heterocycles. The van der Waals surface area contributed by atoms with Crippen LogP contribution < -0.4 is 60.2 Å². The Hall–Kier alpha value is -6.07. The van der Waals surface area contributed by atoms with Crippen LogP contribution in [0, 0.1) is 17.8 Å². The zero-order chi connectivity index (χ0) is 51.1. The zero-order valence-electron chi connectivity index (χ0n) is 40.0. The number of aromatic hydroxyl groups is 1. The van der Waals surface area contributed by atoms with Crippen molar-refractivity contribution in [3.05, 3.63) is 29.8 Å². The van der Waals surface area contributed by atoms with Gasteiger partial charge in [0.25, 0.3) is 0 Å². The molecule has 23 nitrogen and oxygen atoms in total. The van der Waals surface area contributed by atoms with Crippen molar-refractivity contribution in [1.82, 2.24) is 37.2 Å². The number of guanidine groups is 1. The number of phenolic OH excluding ortho intramolecular Hbond substituents is 1. The number of hydrogen-bond donors (Lipinski definition) is 14. The lowest BCUT2D eigenvalue weighted by Crippen LogP contribution is -2.62. The van der Waals surface area contributed by atoms with Gasteiger partial charge in [0.1, 0.15) is 48.0 Å². The number of rotatable bonds is 30. The molecule has 23 heteroatoms. The molecule has 0 spiro atoms. The number of unbranched alkanes of at least 4 members (excludes halogenated alkanes) is 1. The smallest absolute Gasteiger partial charge is 0.326 e. The molecular formula is C44H76N12O11. The van der Waals surface area contributed by atoms with Crippen LogP contribution in [-0.2, 0) is 44.8 Å². The fraction of sp³-hybridized carbons (Fsp3) is 0.659. The molecule has 0 unspecified atom stereocenters. The second-order valence-corrected chi connectivity index (χ2v) is 17.8. The summed E-state index contributed by atoms with van der Waals surface area (Å²) in [5.41, 5.74) is 23.1. The number of carboxylic acid groups (broad SMARTS) is 1. The fourth-order valence-corrected chi connectivity index (χ4v) is 6.65. The minimum Gasteiger partial charge on any atom is -0.508 e. The third kappa shape index (κ3) is 21.9. The summed E-state index contributed by atoms with van der Waals surface area (Å²) in [6, 6.07) is -4.62. The summed E-state index contributed by atoms with van der Waals surface area (Å²) in [6.45, 7) is 13.3. The molecule has 0 saturated carbocycles. The van der Waals surface area contributed by atoms with Gasteiger partial charge in [-0.3, -0.25) is 38.6 Å². The van der Waals surface area contributed by atoms with Crippen LogP contribution in [0.3, 0.4) is 0 Å². The molecule has 0 aliphatic heterocycles. The minimum absolute atomic E-state index is 0.0421. The Kier molecular flexibility index (Phi) is 26.0. The molecule has 18 N–H and O–H groups in total. The first kappa shape index (κ1) is 58.9. The van der Waals surface area contributed by atoms with Crippen molar-refractivity contribution in [2.24, 2.45) is 45.7 Å². The molecule has 0 aliphatic carbocycles. The van der Waals surface area contributed by atoms with Crippen molar-refractivity contribution in [2.45, 2.75) is 155 Å². The second kappa shape index (κ2) is 29.5. The first-order valence-corrected chi connectivity index (χ1v) is 22.6. The van der Waals surface area contributed by atoms with Crippen LogP contribution in [0.1, 0.15) is 99.5 Å². The number of carbonyl (C=O) groups is 8. The van der Waals surface area contributed by atoms with Gasteiger partial charge in [-0.15, -0.1) is 0 Å². The van der Waals surface area contributed by atoms with E-state index in [4.69, 9.17) is 22.9 Å². The number of carbonyl (C=O) groups excluding carboxylic acids is 7. The Morgan fingerprint density at radius 2 is 1.07 bits per heavy atom. The molecule has 0 saturated heterocycles. The van der Waals surface area contributed by atoms with E-state index in [0.717, 1.165) is 0 Å². The molecular weight excluding hydrogens is 873 g/mol. The molecule has 1 rings (SSSR count). The summed E-state index contributed by atoms with van der Waals surface area (Å²) < 4.78 is 0. The average Bonchev–Trinajstić information content (AvgIpc) is 3.23. The summed E-state index contributed by atoms with van der Waals surface area (Å²) in [4.78, 5) is 111. The van der Waals surface area contributed by atoms with Crippen molar-refractivity contribution in [1.29, 1.82) is 0 Å². The van der Waals surface area contributed by atoms with E-state index in [1.807, 2.05) is 13.8 Å². The lowest BCUT2D eigenvalue weighted by molar-refractivity contribution is -0.143. The maximum absolute atomic E-state index is 14.2. The van der Waals surface area contributed by atoms with Gasteiger partial charge in [-0.2, -0.15) is 0 Å². The van der Waals surface area contributed by atoms with Gasteiger partial charge < -0.3 is 75.5 Å². The molecule has 1 aromatic carbocycles. The number of nitrogens with zero attached hydrogens (tertiary/aromatic N) is 1. The van der Waals surface area contributed by atoms with Crippen LogP contribution in [0.2, 0.25) is 0 Å². The maximum Gasteiger partial charge on any atom is 0.326 e. The molecule has 7 amide bonds. The third-order valence-corrected chi connectivity index (χ3v) is 10.5. The highest BCUT2D eigenvalue weighted by atomic mass is 16.4. The lowest BCUT2D eigenvalue weighted by Gasteiger charge is -2.29. The number of phenols is 1. The number of benzene rings is 1. The maximum atomic E-state index is 14.2. The van der Waals surface area contributed by atoms with Gasteiger partial charge in [-0.1, -0.05) is 53.7 Å². The quantitative estimate of drug-likeness (QED) is 0.0219. The molecule has 0 fully saturated rings. The number of nitrogens with two attached hydrogens (primary N) is 4. The third-order valence-electron chi connectivity index (χ3n) is 10.5. The van der Waals surface area contributed by atoms with E-state index in [2.05, 4.69) is 42.2 Å². The first-order chi connectivity index (χ1) is 31.3. The monoisotopic (exact) mass is 949 g/mol. The predicted octanol–water partition coefficient (Wildman–Crippen LogP) is -2.32. The summed E-state index contributed by atoms with van der Waals surface area (Å²) in [7, 11) is 0. The zero-order valence-corrected chi connectivity index (χ0v) is 40.0. The molecule has 0 radical (unpaired) electrons. The number of nitrogens with one attached hydrogen (secondary N) is 7. The number of aliphatic imine (C=N–C) groups is 1. The van der Waals surface area contributed by atoms with Crippen LogP contribution in [0.4, 0.5) is 0 Å². The van der Waals surface area contributed by atoms with E-state index in [1.165, 1.54) is 38.1 Å². The predicted molar refractivity (Wildman–Crippen MR) is 250 cm³/mol. The van der Waals surface area contributed by atoms with Gasteiger partial charge in [0.05, 0.1) is 12.1 Å². The van der Waals surface area contributed by atoms with Crippen molar-refractivity contribution in [2.75, 3.05) is 13.1 Å². The van der Waals surface area contributed by atoms with Gasteiger partial charge in [0.2, 0.25) is 41.4 Å². The van der Waals surface area contributed by atoms with Gasteiger partial charge in [0.15, 0.2) is 5.96 Å². The summed E-state index contributed by atoms with van der Waals surface area (Å²) in [5.74, 6) is -8.08. The highest BCUT2D eigenvalue weighted by Gasteiger charge is 2.36. The van der Waals surface area contributed by atoms with E-state index in [1.54, 1.807) is 27.7 Å². The van der Waals surface area contributed by atoms with E-state index in [0.29, 0.717) is 31.4 Å². The molecule has 0 aliphatic rings. The van der Waals surface area contributed by atoms with Crippen molar-refractivity contribution >= 4 is 53.3 Å². The first-order valence-electron chi connectivity index (χ1n) is 22.6. The van der Waals surface area contributed by atoms with Crippen molar-refractivity contribution in [3.63, 3.8) is 0 Å². The van der Waals surface area contributed by atoms with Gasteiger partial charge >= 0.3 is 5.97 Å². The largest absolute Gasteiger partial charge is 0.508 e. The summed E-state index contributed by atoms with van der Waals surface area (Å²) in [6.07, 6.45) is -0.279. The van der Waals surface area contributed by atoms with Crippen LogP contribution in [-0.4, -0.2) is 136 Å². The molecule has 378 valence electrons. The Morgan fingerprint density at radius 1 is 0.597 bits per heavy atom. The van der Waals surface area contributed by atoms with E-state index < -0.39 is 114 Å². The fourth-order valence-electron chi connectivity index (χ4n) is 6.65. The summed E-state index contributed by atoms with van der Waals surface area (Å²) >= 11 is 0. The Balaban J connectivity index is 3.45. The van der Waals surface area contributed by atoms with Crippen LogP contribution in [0.5, 0.6) is 5.75 Å². The topological polar surface area (TPSA) is 398 Å². The number of hydrogen-bond acceptors (Lipinski definition) is 13. The standard InChI is InChI=1S/C44H76N12O11/c1-22(2)20-29(46)37(60)54-33(23(3)4)41(64)52-31(13-11-19-49-44(47)48)38(61)53-32(21-27-14-16-28(58)17-15-27)40(63)56-35(26(8)57)42(65)50-25(7)36(59)51-30(12-9-10-18-45)39(62)55-34(24(5)6)43(66)67/h14-17,22-26,29-35,57-58H,9-13,18-21,45-46H2,1-8H3,(H,50,65)(H,51,59)(H,52,64)(H,53,61)(H,54,60)(H,55,62)(H,56,63)(H,66,67)(H4,47,48,49)/t25-,26+,29-,30-,31-,32-,33-,34-,35-/m0/s1. The molecule has 0 bridgehead atoms.